The van der Waals surface area contributed by atoms with E-state index in [0.29, 0.717) is 19.5 Å². The lowest BCUT2D eigenvalue weighted by atomic mass is 10.2. The largest absolute Gasteiger partial charge is 0.480 e. The summed E-state index contributed by atoms with van der Waals surface area (Å²) in [5.41, 5.74) is 0. The number of carboxylic acid groups (broad SMARTS) is 1. The smallest absolute Gasteiger partial charge is 0.326 e. The molecule has 6 nitrogen and oxygen atoms in total. The van der Waals surface area contributed by atoms with E-state index in [2.05, 4.69) is 0 Å². The van der Waals surface area contributed by atoms with E-state index in [1.54, 1.807) is 4.90 Å². The molecule has 1 unspecified atom stereocenters. The Balaban J connectivity index is 2.68. The summed E-state index contributed by atoms with van der Waals surface area (Å²) >= 11 is 0. The number of nitrogens with zero attached hydrogens (tertiary/aromatic N) is 2. The molecule has 0 aromatic rings. The summed E-state index contributed by atoms with van der Waals surface area (Å²) < 4.78 is 0. The zero-order valence-corrected chi connectivity index (χ0v) is 10.2. The average molecular weight is 242 g/mol. The fourth-order valence-corrected chi connectivity index (χ4v) is 2.01. The van der Waals surface area contributed by atoms with Gasteiger partial charge in [0.1, 0.15) is 12.6 Å². The Bertz CT molecular complexity index is 325. The minimum atomic E-state index is -1.04. The van der Waals surface area contributed by atoms with Gasteiger partial charge < -0.3 is 14.9 Å². The van der Waals surface area contributed by atoms with Crippen LogP contribution in [0.4, 0.5) is 0 Å². The van der Waals surface area contributed by atoms with Gasteiger partial charge in [-0.15, -0.1) is 0 Å². The Morgan fingerprint density at radius 2 is 2.00 bits per heavy atom. The second-order valence-corrected chi connectivity index (χ2v) is 3.98. The Kier molecular flexibility index (Phi) is 4.48. The molecule has 0 aromatic heterocycles. The molecule has 0 aliphatic carbocycles. The Hall–Kier alpha value is -1.59. The highest BCUT2D eigenvalue weighted by Crippen LogP contribution is 2.18. The zero-order valence-electron chi connectivity index (χ0n) is 10.2. The molecule has 2 amide bonds. The number of aliphatic carboxylic acids is 1. The van der Waals surface area contributed by atoms with Gasteiger partial charge in [-0.05, 0) is 20.3 Å². The summed E-state index contributed by atoms with van der Waals surface area (Å²) in [4.78, 5) is 37.0. The number of rotatable bonds is 5. The number of carbonyl (C=O) groups excluding carboxylic acids is 2. The maximum atomic E-state index is 11.8. The molecule has 1 saturated heterocycles. The number of hydrogen-bond donors (Lipinski definition) is 1. The van der Waals surface area contributed by atoms with Gasteiger partial charge in [0, 0.05) is 19.5 Å². The lowest BCUT2D eigenvalue weighted by Gasteiger charge is -2.25. The molecule has 1 aliphatic rings. The van der Waals surface area contributed by atoms with Crippen LogP contribution in [0, 0.1) is 0 Å². The molecule has 0 saturated carbocycles. The first-order valence-electron chi connectivity index (χ1n) is 5.81. The van der Waals surface area contributed by atoms with E-state index in [9.17, 15) is 14.4 Å². The van der Waals surface area contributed by atoms with Crippen molar-refractivity contribution in [3.05, 3.63) is 0 Å². The van der Waals surface area contributed by atoms with E-state index >= 15 is 0 Å². The van der Waals surface area contributed by atoms with E-state index in [0.717, 1.165) is 0 Å². The molecule has 1 N–H and O–H groups in total. The highest BCUT2D eigenvalue weighted by molar-refractivity contribution is 5.91. The Morgan fingerprint density at radius 1 is 1.41 bits per heavy atom. The van der Waals surface area contributed by atoms with E-state index in [1.165, 1.54) is 4.90 Å². The molecule has 1 fully saturated rings. The first kappa shape index (κ1) is 13.5. The van der Waals surface area contributed by atoms with Crippen molar-refractivity contribution >= 4 is 17.8 Å². The highest BCUT2D eigenvalue weighted by atomic mass is 16.4. The Morgan fingerprint density at radius 3 is 2.47 bits per heavy atom. The minimum absolute atomic E-state index is 0.127. The second-order valence-electron chi connectivity index (χ2n) is 3.98. The number of amides is 2. The van der Waals surface area contributed by atoms with Crippen molar-refractivity contribution in [1.29, 1.82) is 0 Å². The van der Waals surface area contributed by atoms with Crippen molar-refractivity contribution < 1.29 is 19.5 Å². The van der Waals surface area contributed by atoms with Crippen LogP contribution in [0.1, 0.15) is 26.7 Å². The predicted molar refractivity (Wildman–Crippen MR) is 60.3 cm³/mol. The normalized spacial score (nSPS) is 19.5. The summed E-state index contributed by atoms with van der Waals surface area (Å²) in [5, 5.41) is 8.95. The molecule has 1 heterocycles. The fourth-order valence-electron chi connectivity index (χ4n) is 2.01. The molecule has 6 heteroatoms. The second kappa shape index (κ2) is 5.65. The van der Waals surface area contributed by atoms with Crippen LogP contribution in [-0.2, 0) is 14.4 Å². The van der Waals surface area contributed by atoms with Gasteiger partial charge in [0.2, 0.25) is 11.8 Å². The first-order valence-corrected chi connectivity index (χ1v) is 5.81. The first-order chi connectivity index (χ1) is 8.01. The van der Waals surface area contributed by atoms with E-state index in [1.807, 2.05) is 13.8 Å². The zero-order chi connectivity index (χ0) is 13.0. The van der Waals surface area contributed by atoms with Gasteiger partial charge in [0.25, 0.3) is 0 Å². The summed E-state index contributed by atoms with van der Waals surface area (Å²) in [6, 6.07) is -0.845. The molecule has 96 valence electrons. The minimum Gasteiger partial charge on any atom is -0.480 e. The molecular formula is C11H18N2O4. The van der Waals surface area contributed by atoms with Crippen molar-refractivity contribution in [2.45, 2.75) is 32.7 Å². The summed E-state index contributed by atoms with van der Waals surface area (Å²) in [7, 11) is 0. The predicted octanol–water partition coefficient (Wildman–Crippen LogP) is -0.0696. The van der Waals surface area contributed by atoms with Gasteiger partial charge >= 0.3 is 5.97 Å². The molecule has 0 spiro atoms. The number of likely N-dealkylation sites (N-methyl/N-ethyl adjacent to an activating group) is 1. The monoisotopic (exact) mass is 242 g/mol. The van der Waals surface area contributed by atoms with Crippen LogP contribution in [0.2, 0.25) is 0 Å². The SMILES string of the molecule is CCN(CC)C(=O)CN1C(=O)CCC1C(=O)O. The summed E-state index contributed by atoms with van der Waals surface area (Å²) in [6.07, 6.45) is 0.502. The van der Waals surface area contributed by atoms with Crippen LogP contribution in [0.25, 0.3) is 0 Å². The van der Waals surface area contributed by atoms with Crippen LogP contribution >= 0.6 is 0 Å². The molecule has 0 bridgehead atoms. The summed E-state index contributed by atoms with van der Waals surface area (Å²) in [5.74, 6) is -1.49. The third-order valence-electron chi connectivity index (χ3n) is 3.04. The van der Waals surface area contributed by atoms with Gasteiger partial charge in [-0.2, -0.15) is 0 Å². The molecule has 0 radical (unpaired) electrons. The molecule has 0 aromatic carbocycles. The molecule has 1 atom stereocenters. The van der Waals surface area contributed by atoms with Crippen LogP contribution in [0.3, 0.4) is 0 Å². The number of likely N-dealkylation sites (tertiary alicyclic amines) is 1. The van der Waals surface area contributed by atoms with Gasteiger partial charge in [-0.25, -0.2) is 4.79 Å². The van der Waals surface area contributed by atoms with E-state index in [4.69, 9.17) is 5.11 Å². The van der Waals surface area contributed by atoms with Crippen molar-refractivity contribution in [1.82, 2.24) is 9.80 Å². The lowest BCUT2D eigenvalue weighted by Crippen LogP contribution is -2.46. The van der Waals surface area contributed by atoms with Crippen molar-refractivity contribution in [3.63, 3.8) is 0 Å². The van der Waals surface area contributed by atoms with Crippen LogP contribution in [0.5, 0.6) is 0 Å². The van der Waals surface area contributed by atoms with Gasteiger partial charge in [0.15, 0.2) is 0 Å². The quantitative estimate of drug-likeness (QED) is 0.732. The fraction of sp³-hybridized carbons (Fsp3) is 0.727. The van der Waals surface area contributed by atoms with Gasteiger partial charge in [-0.3, -0.25) is 9.59 Å². The van der Waals surface area contributed by atoms with Crippen molar-refractivity contribution in [2.24, 2.45) is 0 Å². The van der Waals surface area contributed by atoms with Gasteiger partial charge in [0.05, 0.1) is 0 Å². The topological polar surface area (TPSA) is 77.9 Å². The Labute approximate surface area is 100 Å². The molecule has 17 heavy (non-hydrogen) atoms. The third-order valence-corrected chi connectivity index (χ3v) is 3.04. The number of carboxylic acids is 1. The lowest BCUT2D eigenvalue weighted by molar-refractivity contribution is -0.148. The molecule has 1 rings (SSSR count). The van der Waals surface area contributed by atoms with Crippen LogP contribution in [-0.4, -0.2) is 58.4 Å². The summed E-state index contributed by atoms with van der Waals surface area (Å²) in [6.45, 7) is 4.70. The molecule has 1 aliphatic heterocycles. The van der Waals surface area contributed by atoms with Crippen LogP contribution in [0.15, 0.2) is 0 Å². The standard InChI is InChI=1S/C11H18N2O4/c1-3-12(4-2)10(15)7-13-8(11(16)17)5-6-9(13)14/h8H,3-7H2,1-2H3,(H,16,17). The highest BCUT2D eigenvalue weighted by Gasteiger charge is 2.37. The molecular weight excluding hydrogens is 224 g/mol. The van der Waals surface area contributed by atoms with E-state index in [-0.39, 0.29) is 24.8 Å². The van der Waals surface area contributed by atoms with E-state index < -0.39 is 12.0 Å². The van der Waals surface area contributed by atoms with Crippen molar-refractivity contribution in [3.8, 4) is 0 Å². The number of hydrogen-bond acceptors (Lipinski definition) is 3. The maximum Gasteiger partial charge on any atom is 0.326 e. The number of carbonyl (C=O) groups is 3. The average Bonchev–Trinajstić information content (AvgIpc) is 2.62. The van der Waals surface area contributed by atoms with Crippen LogP contribution < -0.4 is 0 Å². The van der Waals surface area contributed by atoms with Crippen molar-refractivity contribution in [2.75, 3.05) is 19.6 Å². The third kappa shape index (κ3) is 2.95. The van der Waals surface area contributed by atoms with Gasteiger partial charge in [-0.1, -0.05) is 0 Å². The maximum absolute atomic E-state index is 11.8.